The molecule has 3 N–H and O–H groups in total. The summed E-state index contributed by atoms with van der Waals surface area (Å²) in [5, 5.41) is 0. The highest BCUT2D eigenvalue weighted by Gasteiger charge is 2.25. The van der Waals surface area contributed by atoms with E-state index in [1.165, 1.54) is 6.07 Å². The van der Waals surface area contributed by atoms with Crippen molar-refractivity contribution < 1.29 is 17.6 Å². The summed E-state index contributed by atoms with van der Waals surface area (Å²) in [6.07, 6.45) is -0.130. The molecular weight excluding hydrogens is 294 g/mol. The molecule has 1 unspecified atom stereocenters. The van der Waals surface area contributed by atoms with E-state index in [4.69, 9.17) is 14.9 Å². The van der Waals surface area contributed by atoms with E-state index in [9.17, 15) is 8.42 Å². The standard InChI is InChI=1S/C13H23N3O4S/c1-3-16-4-5-19-12(9-16)8-15-21(17,18)13-6-11(7-14)20-10(13)2/h6,12,15H,3-5,7-9,14H2,1-2H3. The van der Waals surface area contributed by atoms with E-state index in [-0.39, 0.29) is 24.1 Å². The van der Waals surface area contributed by atoms with Crippen molar-refractivity contribution in [2.45, 2.75) is 31.4 Å². The van der Waals surface area contributed by atoms with Gasteiger partial charge in [0.1, 0.15) is 16.4 Å². The van der Waals surface area contributed by atoms with Gasteiger partial charge in [0.25, 0.3) is 0 Å². The number of rotatable bonds is 6. The molecule has 1 aliphatic heterocycles. The second-order valence-electron chi connectivity index (χ2n) is 5.08. The number of furan rings is 1. The van der Waals surface area contributed by atoms with Crippen LogP contribution in [0.25, 0.3) is 0 Å². The van der Waals surface area contributed by atoms with Crippen molar-refractivity contribution in [2.75, 3.05) is 32.8 Å². The first-order chi connectivity index (χ1) is 9.96. The molecule has 2 rings (SSSR count). The number of aryl methyl sites for hydroxylation is 1. The molecule has 1 fully saturated rings. The average molecular weight is 317 g/mol. The third-order valence-corrected chi connectivity index (χ3v) is 5.12. The quantitative estimate of drug-likeness (QED) is 0.769. The Morgan fingerprint density at radius 2 is 2.29 bits per heavy atom. The molecule has 8 heteroatoms. The van der Waals surface area contributed by atoms with Crippen molar-refractivity contribution in [3.8, 4) is 0 Å². The molecule has 21 heavy (non-hydrogen) atoms. The Labute approximate surface area is 125 Å². The summed E-state index contributed by atoms with van der Waals surface area (Å²) < 4.78 is 38.1. The number of hydrogen-bond acceptors (Lipinski definition) is 6. The SMILES string of the molecule is CCN1CCOC(CNS(=O)(=O)c2cc(CN)oc2C)C1. The largest absolute Gasteiger partial charge is 0.464 e. The van der Waals surface area contributed by atoms with Gasteiger partial charge in [-0.05, 0) is 13.5 Å². The van der Waals surface area contributed by atoms with Gasteiger partial charge in [-0.3, -0.25) is 4.90 Å². The lowest BCUT2D eigenvalue weighted by atomic mass is 10.3. The minimum Gasteiger partial charge on any atom is -0.464 e. The number of likely N-dealkylation sites (N-methyl/N-ethyl adjacent to an activating group) is 1. The molecule has 1 aromatic heterocycles. The summed E-state index contributed by atoms with van der Waals surface area (Å²) in [4.78, 5) is 2.38. The number of sulfonamides is 1. The van der Waals surface area contributed by atoms with E-state index in [0.29, 0.717) is 18.1 Å². The van der Waals surface area contributed by atoms with E-state index in [0.717, 1.165) is 19.6 Å². The monoisotopic (exact) mass is 317 g/mol. The van der Waals surface area contributed by atoms with Crippen LogP contribution in [-0.4, -0.2) is 52.2 Å². The second-order valence-corrected chi connectivity index (χ2v) is 6.81. The highest BCUT2D eigenvalue weighted by atomic mass is 32.2. The average Bonchev–Trinajstić information content (AvgIpc) is 2.87. The Bertz CT molecular complexity index is 570. The highest BCUT2D eigenvalue weighted by molar-refractivity contribution is 7.89. The molecule has 1 atom stereocenters. The topological polar surface area (TPSA) is 97.8 Å². The van der Waals surface area contributed by atoms with Crippen molar-refractivity contribution in [1.82, 2.24) is 9.62 Å². The van der Waals surface area contributed by atoms with Crippen LogP contribution >= 0.6 is 0 Å². The van der Waals surface area contributed by atoms with Gasteiger partial charge in [-0.15, -0.1) is 0 Å². The summed E-state index contributed by atoms with van der Waals surface area (Å²) in [5.74, 6) is 0.807. The zero-order chi connectivity index (χ0) is 15.5. The molecule has 2 heterocycles. The molecule has 7 nitrogen and oxygen atoms in total. The highest BCUT2D eigenvalue weighted by Crippen LogP contribution is 2.19. The normalized spacial score (nSPS) is 20.8. The van der Waals surface area contributed by atoms with Crippen LogP contribution in [-0.2, 0) is 21.3 Å². The summed E-state index contributed by atoms with van der Waals surface area (Å²) in [6.45, 7) is 7.31. The second kappa shape index (κ2) is 6.89. The number of ether oxygens (including phenoxy) is 1. The van der Waals surface area contributed by atoms with Crippen LogP contribution in [0.4, 0.5) is 0 Å². The van der Waals surface area contributed by atoms with Crippen LogP contribution in [0.3, 0.4) is 0 Å². The number of hydrogen-bond donors (Lipinski definition) is 2. The smallest absolute Gasteiger partial charge is 0.244 e. The molecule has 1 saturated heterocycles. The number of nitrogens with two attached hydrogens (primary N) is 1. The molecule has 0 aliphatic carbocycles. The third kappa shape index (κ3) is 4.04. The predicted octanol–water partition coefficient (Wildman–Crippen LogP) is 0.0457. The van der Waals surface area contributed by atoms with E-state index >= 15 is 0 Å². The van der Waals surface area contributed by atoms with Crippen LogP contribution in [0.2, 0.25) is 0 Å². The van der Waals surface area contributed by atoms with Crippen LogP contribution in [0.15, 0.2) is 15.4 Å². The summed E-state index contributed by atoms with van der Waals surface area (Å²) in [6, 6.07) is 1.47. The van der Waals surface area contributed by atoms with Gasteiger partial charge in [0.05, 0.1) is 19.3 Å². The molecule has 0 amide bonds. The fraction of sp³-hybridized carbons (Fsp3) is 0.692. The third-order valence-electron chi connectivity index (χ3n) is 3.59. The van der Waals surface area contributed by atoms with Gasteiger partial charge >= 0.3 is 0 Å². The Morgan fingerprint density at radius 1 is 1.52 bits per heavy atom. The first kappa shape index (κ1) is 16.4. The van der Waals surface area contributed by atoms with Gasteiger partial charge in [0.2, 0.25) is 10.0 Å². The van der Waals surface area contributed by atoms with Gasteiger partial charge in [0, 0.05) is 25.7 Å². The van der Waals surface area contributed by atoms with Crippen LogP contribution in [0, 0.1) is 6.92 Å². The fourth-order valence-electron chi connectivity index (χ4n) is 2.36. The number of nitrogens with one attached hydrogen (secondary N) is 1. The maximum absolute atomic E-state index is 12.3. The first-order valence-electron chi connectivity index (χ1n) is 7.09. The molecule has 120 valence electrons. The van der Waals surface area contributed by atoms with Crippen molar-refractivity contribution >= 4 is 10.0 Å². The minimum absolute atomic E-state index is 0.130. The molecule has 0 bridgehead atoms. The number of nitrogens with zero attached hydrogens (tertiary/aromatic N) is 1. The van der Waals surface area contributed by atoms with Crippen LogP contribution < -0.4 is 10.5 Å². The van der Waals surface area contributed by atoms with Gasteiger partial charge in [-0.2, -0.15) is 0 Å². The first-order valence-corrected chi connectivity index (χ1v) is 8.57. The van der Waals surface area contributed by atoms with E-state index in [1.807, 2.05) is 0 Å². The molecule has 0 aromatic carbocycles. The summed E-state index contributed by atoms with van der Waals surface area (Å²) >= 11 is 0. The molecule has 0 spiro atoms. The van der Waals surface area contributed by atoms with Crippen molar-refractivity contribution in [1.29, 1.82) is 0 Å². The van der Waals surface area contributed by atoms with Gasteiger partial charge in [-0.1, -0.05) is 6.92 Å². The Hall–Kier alpha value is -0.930. The molecule has 0 saturated carbocycles. The Morgan fingerprint density at radius 3 is 2.90 bits per heavy atom. The van der Waals surface area contributed by atoms with E-state index < -0.39 is 10.0 Å². The van der Waals surface area contributed by atoms with Crippen molar-refractivity contribution in [2.24, 2.45) is 5.73 Å². The maximum atomic E-state index is 12.3. The molecule has 1 aromatic rings. The summed E-state index contributed by atoms with van der Waals surface area (Å²) in [7, 11) is -3.60. The van der Waals surface area contributed by atoms with E-state index in [2.05, 4.69) is 16.5 Å². The van der Waals surface area contributed by atoms with Crippen LogP contribution in [0.1, 0.15) is 18.4 Å². The van der Waals surface area contributed by atoms with Crippen molar-refractivity contribution in [3.63, 3.8) is 0 Å². The predicted molar refractivity (Wildman–Crippen MR) is 78.4 cm³/mol. The van der Waals surface area contributed by atoms with Crippen molar-refractivity contribution in [3.05, 3.63) is 17.6 Å². The zero-order valence-electron chi connectivity index (χ0n) is 12.5. The lowest BCUT2D eigenvalue weighted by Gasteiger charge is -2.32. The maximum Gasteiger partial charge on any atom is 0.244 e. The molecule has 1 aliphatic rings. The lowest BCUT2D eigenvalue weighted by Crippen LogP contribution is -2.47. The van der Waals surface area contributed by atoms with Gasteiger partial charge in [-0.25, -0.2) is 13.1 Å². The fourth-order valence-corrected chi connectivity index (χ4v) is 3.63. The Balaban J connectivity index is 1.99. The zero-order valence-corrected chi connectivity index (χ0v) is 13.3. The molecular formula is C13H23N3O4S. The minimum atomic E-state index is -3.60. The van der Waals surface area contributed by atoms with E-state index in [1.54, 1.807) is 6.92 Å². The Kier molecular flexibility index (Phi) is 5.39. The number of morpholine rings is 1. The molecule has 0 radical (unpaired) electrons. The van der Waals surface area contributed by atoms with Crippen LogP contribution in [0.5, 0.6) is 0 Å². The van der Waals surface area contributed by atoms with Gasteiger partial charge < -0.3 is 14.9 Å². The van der Waals surface area contributed by atoms with Gasteiger partial charge in [0.15, 0.2) is 0 Å². The lowest BCUT2D eigenvalue weighted by molar-refractivity contribution is -0.0229. The summed E-state index contributed by atoms with van der Waals surface area (Å²) in [5.41, 5.74) is 5.46.